The predicted octanol–water partition coefficient (Wildman–Crippen LogP) is 3.12. The second kappa shape index (κ2) is 5.76. The first-order valence-corrected chi connectivity index (χ1v) is 7.09. The van der Waals surface area contributed by atoms with E-state index in [-0.39, 0.29) is 11.7 Å². The Morgan fingerprint density at radius 2 is 1.82 bits per heavy atom. The largest absolute Gasteiger partial charge is 0.292 e. The lowest BCUT2D eigenvalue weighted by Gasteiger charge is -2.18. The number of hydrogen-bond donors (Lipinski definition) is 0. The van der Waals surface area contributed by atoms with E-state index in [4.69, 9.17) is 0 Å². The van der Waals surface area contributed by atoms with Gasteiger partial charge in [0, 0.05) is 13.0 Å². The summed E-state index contributed by atoms with van der Waals surface area (Å²) in [4.78, 5) is 12.4. The molecular formula is C12H18BrN3O. The lowest BCUT2D eigenvalue weighted by Crippen LogP contribution is -2.19. The topological polar surface area (TPSA) is 47.8 Å². The molecular weight excluding hydrogens is 282 g/mol. The summed E-state index contributed by atoms with van der Waals surface area (Å²) in [6, 6.07) is 0. The lowest BCUT2D eigenvalue weighted by atomic mass is 9.87. The molecule has 1 aliphatic rings. The van der Waals surface area contributed by atoms with Crippen molar-refractivity contribution in [1.29, 1.82) is 0 Å². The molecule has 4 nitrogen and oxygen atoms in total. The van der Waals surface area contributed by atoms with Crippen molar-refractivity contribution in [3.05, 3.63) is 10.3 Å². The molecule has 0 aliphatic heterocycles. The Bertz CT molecular complexity index is 375. The van der Waals surface area contributed by atoms with Crippen molar-refractivity contribution in [2.45, 2.75) is 44.9 Å². The Labute approximate surface area is 110 Å². The molecule has 5 heteroatoms. The number of Topliss-reactive ketones (excluding diaryl/α,β-unsaturated/α-hetero) is 1. The van der Waals surface area contributed by atoms with E-state index >= 15 is 0 Å². The SMILES string of the molecule is Cn1nnc(Br)c1C(=O)C1CCCCCCC1. The van der Waals surface area contributed by atoms with Gasteiger partial charge in [-0.1, -0.05) is 37.3 Å². The summed E-state index contributed by atoms with van der Waals surface area (Å²) in [5.74, 6) is 0.357. The molecule has 1 saturated carbocycles. The highest BCUT2D eigenvalue weighted by Gasteiger charge is 2.25. The summed E-state index contributed by atoms with van der Waals surface area (Å²) >= 11 is 3.30. The van der Waals surface area contributed by atoms with Gasteiger partial charge >= 0.3 is 0 Å². The van der Waals surface area contributed by atoms with Gasteiger partial charge in [-0.2, -0.15) is 0 Å². The van der Waals surface area contributed by atoms with Crippen LogP contribution in [0.5, 0.6) is 0 Å². The van der Waals surface area contributed by atoms with E-state index in [0.717, 1.165) is 12.8 Å². The molecule has 0 radical (unpaired) electrons. The zero-order valence-electron chi connectivity index (χ0n) is 10.2. The predicted molar refractivity (Wildman–Crippen MR) is 68.8 cm³/mol. The number of hydrogen-bond acceptors (Lipinski definition) is 3. The maximum atomic E-state index is 12.4. The quantitative estimate of drug-likeness (QED) is 0.788. The minimum atomic E-state index is 0.156. The Kier molecular flexibility index (Phi) is 4.31. The highest BCUT2D eigenvalue weighted by atomic mass is 79.9. The van der Waals surface area contributed by atoms with Crippen LogP contribution in [0.25, 0.3) is 0 Å². The van der Waals surface area contributed by atoms with Crippen LogP contribution in [-0.4, -0.2) is 20.8 Å². The number of halogens is 1. The molecule has 0 aromatic carbocycles. The summed E-state index contributed by atoms with van der Waals surface area (Å²) in [5.41, 5.74) is 0.621. The van der Waals surface area contributed by atoms with Gasteiger partial charge in [0.1, 0.15) is 5.69 Å². The molecule has 1 heterocycles. The molecule has 1 aromatic rings. The molecule has 94 valence electrons. The third-order valence-electron chi connectivity index (χ3n) is 3.50. The zero-order chi connectivity index (χ0) is 12.3. The molecule has 1 aromatic heterocycles. The van der Waals surface area contributed by atoms with E-state index in [1.807, 2.05) is 0 Å². The monoisotopic (exact) mass is 299 g/mol. The van der Waals surface area contributed by atoms with Crippen LogP contribution >= 0.6 is 15.9 Å². The number of nitrogens with zero attached hydrogens (tertiary/aromatic N) is 3. The van der Waals surface area contributed by atoms with Crippen molar-refractivity contribution in [2.75, 3.05) is 0 Å². The van der Waals surface area contributed by atoms with Crippen LogP contribution in [0.15, 0.2) is 4.60 Å². The highest BCUT2D eigenvalue weighted by Crippen LogP contribution is 2.27. The lowest BCUT2D eigenvalue weighted by molar-refractivity contribution is 0.0887. The van der Waals surface area contributed by atoms with E-state index in [0.29, 0.717) is 10.3 Å². The Balaban J connectivity index is 2.12. The van der Waals surface area contributed by atoms with Gasteiger partial charge < -0.3 is 0 Å². The highest BCUT2D eigenvalue weighted by molar-refractivity contribution is 9.10. The molecule has 0 saturated heterocycles. The summed E-state index contributed by atoms with van der Waals surface area (Å²) in [6.45, 7) is 0. The van der Waals surface area contributed by atoms with Crippen LogP contribution in [0.4, 0.5) is 0 Å². The average Bonchev–Trinajstić information content (AvgIpc) is 2.57. The Morgan fingerprint density at radius 3 is 2.35 bits per heavy atom. The molecule has 1 fully saturated rings. The van der Waals surface area contributed by atoms with Crippen LogP contribution in [0.2, 0.25) is 0 Å². The van der Waals surface area contributed by atoms with Crippen molar-refractivity contribution in [3.8, 4) is 0 Å². The van der Waals surface area contributed by atoms with Crippen LogP contribution in [0, 0.1) is 5.92 Å². The second-order valence-electron chi connectivity index (χ2n) is 4.76. The smallest absolute Gasteiger partial charge is 0.186 e. The molecule has 0 spiro atoms. The van der Waals surface area contributed by atoms with E-state index in [1.165, 1.54) is 32.1 Å². The van der Waals surface area contributed by atoms with Gasteiger partial charge in [0.15, 0.2) is 10.4 Å². The van der Waals surface area contributed by atoms with Gasteiger partial charge in [0.05, 0.1) is 0 Å². The summed E-state index contributed by atoms with van der Waals surface area (Å²) in [7, 11) is 1.77. The molecule has 0 N–H and O–H groups in total. The first-order chi connectivity index (χ1) is 8.20. The summed E-state index contributed by atoms with van der Waals surface area (Å²) < 4.78 is 2.15. The van der Waals surface area contributed by atoms with Crippen molar-refractivity contribution < 1.29 is 4.79 Å². The molecule has 17 heavy (non-hydrogen) atoms. The number of carbonyl (C=O) groups excluding carboxylic acids is 1. The summed E-state index contributed by atoms with van der Waals surface area (Å²) in [5, 5.41) is 7.76. The maximum Gasteiger partial charge on any atom is 0.186 e. The molecule has 2 rings (SSSR count). The second-order valence-corrected chi connectivity index (χ2v) is 5.51. The van der Waals surface area contributed by atoms with Crippen molar-refractivity contribution in [2.24, 2.45) is 13.0 Å². The number of rotatable bonds is 2. The van der Waals surface area contributed by atoms with Gasteiger partial charge in [-0.25, -0.2) is 4.68 Å². The van der Waals surface area contributed by atoms with Crippen molar-refractivity contribution >= 4 is 21.7 Å². The normalized spacial score (nSPS) is 18.7. The molecule has 0 amide bonds. The minimum absolute atomic E-state index is 0.156. The van der Waals surface area contributed by atoms with Crippen LogP contribution in [-0.2, 0) is 7.05 Å². The van der Waals surface area contributed by atoms with Gasteiger partial charge in [-0.15, -0.1) is 5.10 Å². The minimum Gasteiger partial charge on any atom is -0.292 e. The van der Waals surface area contributed by atoms with Gasteiger partial charge in [-0.3, -0.25) is 4.79 Å². The van der Waals surface area contributed by atoms with E-state index < -0.39 is 0 Å². The number of aromatic nitrogens is 3. The fourth-order valence-electron chi connectivity index (χ4n) is 2.50. The average molecular weight is 300 g/mol. The number of carbonyl (C=O) groups is 1. The Morgan fingerprint density at radius 1 is 1.24 bits per heavy atom. The molecule has 1 aliphatic carbocycles. The number of aryl methyl sites for hydroxylation is 1. The standard InChI is InChI=1S/C12H18BrN3O/c1-16-10(12(13)14-15-16)11(17)9-7-5-3-2-4-6-8-9/h9H,2-8H2,1H3. The molecule has 0 unspecified atom stereocenters. The first-order valence-electron chi connectivity index (χ1n) is 6.29. The van der Waals surface area contributed by atoms with Crippen LogP contribution in [0.3, 0.4) is 0 Å². The fourth-order valence-corrected chi connectivity index (χ4v) is 3.03. The Hall–Kier alpha value is -0.710. The summed E-state index contributed by atoms with van der Waals surface area (Å²) in [6.07, 6.45) is 8.19. The first kappa shape index (κ1) is 12.7. The van der Waals surface area contributed by atoms with Gasteiger partial charge in [-0.05, 0) is 28.8 Å². The zero-order valence-corrected chi connectivity index (χ0v) is 11.7. The molecule has 0 atom stereocenters. The van der Waals surface area contributed by atoms with Crippen LogP contribution < -0.4 is 0 Å². The van der Waals surface area contributed by atoms with Gasteiger partial charge in [0.2, 0.25) is 0 Å². The van der Waals surface area contributed by atoms with Crippen molar-refractivity contribution in [1.82, 2.24) is 15.0 Å². The van der Waals surface area contributed by atoms with E-state index in [9.17, 15) is 4.79 Å². The van der Waals surface area contributed by atoms with E-state index in [1.54, 1.807) is 11.7 Å². The van der Waals surface area contributed by atoms with Gasteiger partial charge in [0.25, 0.3) is 0 Å². The number of ketones is 1. The third kappa shape index (κ3) is 2.94. The van der Waals surface area contributed by atoms with E-state index in [2.05, 4.69) is 26.2 Å². The fraction of sp³-hybridized carbons (Fsp3) is 0.750. The maximum absolute atomic E-state index is 12.4. The molecule has 0 bridgehead atoms. The van der Waals surface area contributed by atoms with Crippen molar-refractivity contribution in [3.63, 3.8) is 0 Å². The third-order valence-corrected chi connectivity index (χ3v) is 4.03. The van der Waals surface area contributed by atoms with Crippen LogP contribution in [0.1, 0.15) is 55.4 Å².